The van der Waals surface area contributed by atoms with Gasteiger partial charge in [-0.15, -0.1) is 10.2 Å². The summed E-state index contributed by atoms with van der Waals surface area (Å²) in [7, 11) is 0. The van der Waals surface area contributed by atoms with Gasteiger partial charge in [-0.05, 0) is 38.5 Å². The fourth-order valence-corrected chi connectivity index (χ4v) is 3.16. The molecule has 1 saturated heterocycles. The van der Waals surface area contributed by atoms with Crippen molar-refractivity contribution in [3.8, 4) is 5.82 Å². The van der Waals surface area contributed by atoms with Gasteiger partial charge in [0, 0.05) is 37.3 Å². The largest absolute Gasteiger partial charge is 0.352 e. The molecule has 7 nitrogen and oxygen atoms in total. The Balaban J connectivity index is 1.69. The highest BCUT2D eigenvalue weighted by Crippen LogP contribution is 2.21. The zero-order chi connectivity index (χ0) is 19.1. The molecule has 0 spiro atoms. The average molecular weight is 356 g/mol. The summed E-state index contributed by atoms with van der Waals surface area (Å²) in [5.41, 5.74) is 2.93. The van der Waals surface area contributed by atoms with E-state index in [0.29, 0.717) is 0 Å². The van der Waals surface area contributed by atoms with Crippen LogP contribution < -0.4 is 4.90 Å². The SMILES string of the molecule is Cc1nn(-c2ccc(N3CCN(C(=O)C(C)(C)C)CC3)nn2)c(C)c1C. The summed E-state index contributed by atoms with van der Waals surface area (Å²) in [6.07, 6.45) is 0. The van der Waals surface area contributed by atoms with Crippen LogP contribution in [0.1, 0.15) is 37.7 Å². The number of piperazine rings is 1. The molecule has 0 unspecified atom stereocenters. The molecule has 1 aliphatic rings. The molecule has 1 aliphatic heterocycles. The molecule has 0 atom stereocenters. The number of rotatable bonds is 2. The predicted molar refractivity (Wildman–Crippen MR) is 102 cm³/mol. The fraction of sp³-hybridized carbons (Fsp3) is 0.579. The van der Waals surface area contributed by atoms with E-state index < -0.39 is 0 Å². The van der Waals surface area contributed by atoms with Gasteiger partial charge in [-0.25, -0.2) is 4.68 Å². The third kappa shape index (κ3) is 3.43. The highest BCUT2D eigenvalue weighted by atomic mass is 16.2. The van der Waals surface area contributed by atoms with Crippen molar-refractivity contribution in [3.05, 3.63) is 29.1 Å². The van der Waals surface area contributed by atoms with Crippen molar-refractivity contribution >= 4 is 11.7 Å². The van der Waals surface area contributed by atoms with Gasteiger partial charge in [0.2, 0.25) is 5.91 Å². The third-order valence-electron chi connectivity index (χ3n) is 5.04. The number of nitrogens with zero attached hydrogens (tertiary/aromatic N) is 6. The molecule has 0 N–H and O–H groups in total. The van der Waals surface area contributed by atoms with Crippen LogP contribution in [0.25, 0.3) is 5.82 Å². The van der Waals surface area contributed by atoms with Crippen molar-refractivity contribution in [2.24, 2.45) is 5.41 Å². The van der Waals surface area contributed by atoms with Crippen LogP contribution in [-0.4, -0.2) is 57.0 Å². The Morgan fingerprint density at radius 1 is 0.962 bits per heavy atom. The van der Waals surface area contributed by atoms with Crippen molar-refractivity contribution in [2.75, 3.05) is 31.1 Å². The maximum atomic E-state index is 12.4. The number of aromatic nitrogens is 4. The predicted octanol–water partition coefficient (Wildman–Crippen LogP) is 2.28. The number of carbonyl (C=O) groups excluding carboxylic acids is 1. The van der Waals surface area contributed by atoms with Crippen LogP contribution >= 0.6 is 0 Å². The first-order valence-corrected chi connectivity index (χ1v) is 9.09. The van der Waals surface area contributed by atoms with Gasteiger partial charge in [-0.1, -0.05) is 20.8 Å². The number of aryl methyl sites for hydroxylation is 1. The highest BCUT2D eigenvalue weighted by molar-refractivity contribution is 5.81. The Labute approximate surface area is 155 Å². The van der Waals surface area contributed by atoms with E-state index in [1.807, 2.05) is 56.3 Å². The second-order valence-electron chi connectivity index (χ2n) is 7.99. The minimum Gasteiger partial charge on any atom is -0.352 e. The lowest BCUT2D eigenvalue weighted by Gasteiger charge is -2.38. The quantitative estimate of drug-likeness (QED) is 0.826. The molecule has 0 aromatic carbocycles. The third-order valence-corrected chi connectivity index (χ3v) is 5.04. The van der Waals surface area contributed by atoms with Crippen LogP contribution in [0.15, 0.2) is 12.1 Å². The zero-order valence-corrected chi connectivity index (χ0v) is 16.6. The van der Waals surface area contributed by atoms with E-state index in [9.17, 15) is 4.79 Å². The van der Waals surface area contributed by atoms with Crippen molar-refractivity contribution < 1.29 is 4.79 Å². The average Bonchev–Trinajstić information content (AvgIpc) is 2.88. The lowest BCUT2D eigenvalue weighted by atomic mass is 9.94. The molecule has 0 aliphatic carbocycles. The zero-order valence-electron chi connectivity index (χ0n) is 16.6. The molecule has 0 bridgehead atoms. The lowest BCUT2D eigenvalue weighted by molar-refractivity contribution is -0.139. The van der Waals surface area contributed by atoms with Crippen molar-refractivity contribution in [1.29, 1.82) is 0 Å². The molecule has 1 amide bonds. The van der Waals surface area contributed by atoms with Crippen LogP contribution in [0, 0.1) is 26.2 Å². The fourth-order valence-electron chi connectivity index (χ4n) is 3.16. The van der Waals surface area contributed by atoms with Crippen LogP contribution in [0.4, 0.5) is 5.82 Å². The summed E-state index contributed by atoms with van der Waals surface area (Å²) in [5.74, 6) is 1.78. The van der Waals surface area contributed by atoms with Gasteiger partial charge in [0.25, 0.3) is 0 Å². The number of anilines is 1. The molecular formula is C19H28N6O. The van der Waals surface area contributed by atoms with E-state index in [4.69, 9.17) is 0 Å². The molecule has 0 radical (unpaired) electrons. The maximum Gasteiger partial charge on any atom is 0.228 e. The molecule has 0 saturated carbocycles. The highest BCUT2D eigenvalue weighted by Gasteiger charge is 2.30. The van der Waals surface area contributed by atoms with Crippen LogP contribution in [0.2, 0.25) is 0 Å². The van der Waals surface area contributed by atoms with Gasteiger partial charge in [-0.3, -0.25) is 4.79 Å². The van der Waals surface area contributed by atoms with E-state index in [1.165, 1.54) is 5.56 Å². The van der Waals surface area contributed by atoms with Crippen molar-refractivity contribution in [3.63, 3.8) is 0 Å². The Kier molecular flexibility index (Phi) is 4.73. The lowest BCUT2D eigenvalue weighted by Crippen LogP contribution is -2.51. The van der Waals surface area contributed by atoms with E-state index in [1.54, 1.807) is 0 Å². The minimum atomic E-state index is -0.332. The molecule has 3 rings (SSSR count). The van der Waals surface area contributed by atoms with Crippen molar-refractivity contribution in [1.82, 2.24) is 24.9 Å². The Bertz CT molecular complexity index is 795. The van der Waals surface area contributed by atoms with Gasteiger partial charge < -0.3 is 9.80 Å². The number of amides is 1. The van der Waals surface area contributed by atoms with E-state index in [2.05, 4.69) is 27.1 Å². The number of hydrogen-bond donors (Lipinski definition) is 0. The topological polar surface area (TPSA) is 67.2 Å². The van der Waals surface area contributed by atoms with Gasteiger partial charge in [-0.2, -0.15) is 5.10 Å². The number of hydrogen-bond acceptors (Lipinski definition) is 5. The summed E-state index contributed by atoms with van der Waals surface area (Å²) in [5, 5.41) is 13.3. The van der Waals surface area contributed by atoms with Crippen LogP contribution in [-0.2, 0) is 4.79 Å². The molecule has 2 aromatic heterocycles. The Morgan fingerprint density at radius 3 is 2.00 bits per heavy atom. The van der Waals surface area contributed by atoms with E-state index in [0.717, 1.165) is 49.2 Å². The Hall–Kier alpha value is -2.44. The molecule has 3 heterocycles. The smallest absolute Gasteiger partial charge is 0.228 e. The van der Waals surface area contributed by atoms with E-state index >= 15 is 0 Å². The van der Waals surface area contributed by atoms with Gasteiger partial charge in [0.05, 0.1) is 5.69 Å². The first kappa shape index (κ1) is 18.4. The summed E-state index contributed by atoms with van der Waals surface area (Å²) in [6, 6.07) is 3.93. The first-order chi connectivity index (χ1) is 12.2. The maximum absolute atomic E-state index is 12.4. The normalized spacial score (nSPS) is 15.5. The molecule has 2 aromatic rings. The Morgan fingerprint density at radius 2 is 1.54 bits per heavy atom. The van der Waals surface area contributed by atoms with Gasteiger partial charge in [0.15, 0.2) is 11.6 Å². The molecule has 1 fully saturated rings. The second kappa shape index (κ2) is 6.70. The van der Waals surface area contributed by atoms with Crippen LogP contribution in [0.5, 0.6) is 0 Å². The monoisotopic (exact) mass is 356 g/mol. The molecular weight excluding hydrogens is 328 g/mol. The van der Waals surface area contributed by atoms with Crippen LogP contribution in [0.3, 0.4) is 0 Å². The standard InChI is InChI=1S/C19H28N6O/c1-13-14(2)22-25(15(13)3)17-8-7-16(20-21-17)23-9-11-24(12-10-23)18(26)19(4,5)6/h7-8H,9-12H2,1-6H3. The summed E-state index contributed by atoms with van der Waals surface area (Å²) in [4.78, 5) is 16.5. The molecule has 26 heavy (non-hydrogen) atoms. The van der Waals surface area contributed by atoms with Gasteiger partial charge >= 0.3 is 0 Å². The van der Waals surface area contributed by atoms with Gasteiger partial charge in [0.1, 0.15) is 0 Å². The minimum absolute atomic E-state index is 0.207. The van der Waals surface area contributed by atoms with E-state index in [-0.39, 0.29) is 11.3 Å². The number of carbonyl (C=O) groups is 1. The molecule has 140 valence electrons. The second-order valence-corrected chi connectivity index (χ2v) is 7.99. The summed E-state index contributed by atoms with van der Waals surface area (Å²) >= 11 is 0. The first-order valence-electron chi connectivity index (χ1n) is 9.09. The molecule has 7 heteroatoms. The summed E-state index contributed by atoms with van der Waals surface area (Å²) in [6.45, 7) is 15.0. The summed E-state index contributed by atoms with van der Waals surface area (Å²) < 4.78 is 1.83. The van der Waals surface area contributed by atoms with Crippen molar-refractivity contribution in [2.45, 2.75) is 41.5 Å².